The first-order chi connectivity index (χ1) is 8.49. The lowest BCUT2D eigenvalue weighted by Crippen LogP contribution is -2.09. The van der Waals surface area contributed by atoms with Gasteiger partial charge in [-0.3, -0.25) is 4.68 Å². The third kappa shape index (κ3) is 2.43. The molecule has 0 aliphatic carbocycles. The first-order valence-corrected chi connectivity index (χ1v) is 6.03. The second-order valence-corrected chi connectivity index (χ2v) is 4.66. The summed E-state index contributed by atoms with van der Waals surface area (Å²) >= 11 is 0. The van der Waals surface area contributed by atoms with Crippen molar-refractivity contribution < 1.29 is 4.39 Å². The maximum Gasteiger partial charge on any atom is 0.123 e. The molecule has 2 N–H and O–H groups in total. The molecule has 4 heteroatoms. The van der Waals surface area contributed by atoms with Gasteiger partial charge >= 0.3 is 0 Å². The van der Waals surface area contributed by atoms with Gasteiger partial charge in [-0.2, -0.15) is 5.10 Å². The highest BCUT2D eigenvalue weighted by molar-refractivity contribution is 5.28. The summed E-state index contributed by atoms with van der Waals surface area (Å²) in [5.74, 6) is -0.221. The van der Waals surface area contributed by atoms with E-state index in [1.165, 1.54) is 12.1 Å². The average Bonchev–Trinajstić information content (AvgIpc) is 2.54. The van der Waals surface area contributed by atoms with Crippen molar-refractivity contribution in [1.29, 1.82) is 0 Å². The Hall–Kier alpha value is -1.68. The molecule has 1 aromatic carbocycles. The van der Waals surface area contributed by atoms with E-state index in [9.17, 15) is 4.39 Å². The molecule has 0 spiro atoms. The van der Waals surface area contributed by atoms with Gasteiger partial charge < -0.3 is 5.73 Å². The highest BCUT2D eigenvalue weighted by Gasteiger charge is 2.14. The van der Waals surface area contributed by atoms with Crippen molar-refractivity contribution in [1.82, 2.24) is 9.78 Å². The molecule has 2 rings (SSSR count). The summed E-state index contributed by atoms with van der Waals surface area (Å²) in [5, 5.41) is 4.47. The first-order valence-electron chi connectivity index (χ1n) is 6.03. The van der Waals surface area contributed by atoms with Crippen LogP contribution in [-0.2, 0) is 6.54 Å². The van der Waals surface area contributed by atoms with E-state index >= 15 is 0 Å². The van der Waals surface area contributed by atoms with Crippen LogP contribution in [0.5, 0.6) is 0 Å². The lowest BCUT2D eigenvalue weighted by atomic mass is 10.1. The van der Waals surface area contributed by atoms with E-state index in [0.29, 0.717) is 6.54 Å². The lowest BCUT2D eigenvalue weighted by molar-refractivity contribution is 0.615. The zero-order chi connectivity index (χ0) is 13.3. The topological polar surface area (TPSA) is 43.8 Å². The lowest BCUT2D eigenvalue weighted by Gasteiger charge is -2.08. The van der Waals surface area contributed by atoms with Crippen LogP contribution in [0.3, 0.4) is 0 Å². The number of nitrogens with zero attached hydrogens (tertiary/aromatic N) is 2. The molecule has 1 heterocycles. The van der Waals surface area contributed by atoms with E-state index in [1.807, 2.05) is 31.5 Å². The number of benzene rings is 1. The number of rotatable bonds is 3. The Labute approximate surface area is 106 Å². The second kappa shape index (κ2) is 4.90. The van der Waals surface area contributed by atoms with Crippen LogP contribution in [0, 0.1) is 19.7 Å². The van der Waals surface area contributed by atoms with Crippen molar-refractivity contribution in [2.24, 2.45) is 5.73 Å². The molecule has 18 heavy (non-hydrogen) atoms. The summed E-state index contributed by atoms with van der Waals surface area (Å²) in [6, 6.07) is 6.54. The highest BCUT2D eigenvalue weighted by atomic mass is 19.1. The average molecular weight is 247 g/mol. The molecule has 2 aromatic rings. The van der Waals surface area contributed by atoms with Crippen molar-refractivity contribution in [2.45, 2.75) is 33.4 Å². The van der Waals surface area contributed by atoms with Gasteiger partial charge in [-0.15, -0.1) is 0 Å². The SMILES string of the molecule is Cc1nn(Cc2cccc(F)c2)c(C)c1C(C)N. The number of halogens is 1. The normalized spacial score (nSPS) is 12.7. The first kappa shape index (κ1) is 12.8. The van der Waals surface area contributed by atoms with Gasteiger partial charge in [-0.25, -0.2) is 4.39 Å². The van der Waals surface area contributed by atoms with E-state index in [1.54, 1.807) is 6.07 Å². The molecule has 0 aliphatic rings. The Balaban J connectivity index is 2.33. The van der Waals surface area contributed by atoms with Gasteiger partial charge in [0.1, 0.15) is 5.82 Å². The summed E-state index contributed by atoms with van der Waals surface area (Å²) in [7, 11) is 0. The van der Waals surface area contributed by atoms with E-state index in [2.05, 4.69) is 5.10 Å². The van der Waals surface area contributed by atoms with E-state index < -0.39 is 0 Å². The molecule has 1 aromatic heterocycles. The van der Waals surface area contributed by atoms with Crippen LogP contribution in [0.4, 0.5) is 4.39 Å². The molecule has 0 radical (unpaired) electrons. The van der Waals surface area contributed by atoms with Crippen molar-refractivity contribution in [3.8, 4) is 0 Å². The fourth-order valence-electron chi connectivity index (χ4n) is 2.33. The van der Waals surface area contributed by atoms with Crippen molar-refractivity contribution >= 4 is 0 Å². The summed E-state index contributed by atoms with van der Waals surface area (Å²) in [4.78, 5) is 0. The predicted octanol–water partition coefficient (Wildman–Crippen LogP) is 2.71. The van der Waals surface area contributed by atoms with Gasteiger partial charge in [0, 0.05) is 17.3 Å². The van der Waals surface area contributed by atoms with Crippen LogP contribution in [0.1, 0.15) is 35.5 Å². The molecule has 0 saturated heterocycles. The standard InChI is InChI=1S/C14H18FN3/c1-9(16)14-10(2)17-18(11(14)3)8-12-5-4-6-13(15)7-12/h4-7,9H,8,16H2,1-3H3. The van der Waals surface area contributed by atoms with Crippen molar-refractivity contribution in [3.63, 3.8) is 0 Å². The molecule has 0 fully saturated rings. The number of hydrogen-bond donors (Lipinski definition) is 1. The third-order valence-electron chi connectivity index (χ3n) is 3.11. The zero-order valence-electron chi connectivity index (χ0n) is 10.9. The summed E-state index contributed by atoms with van der Waals surface area (Å²) < 4.78 is 15.0. The van der Waals surface area contributed by atoms with Crippen LogP contribution in [-0.4, -0.2) is 9.78 Å². The largest absolute Gasteiger partial charge is 0.324 e. The zero-order valence-corrected chi connectivity index (χ0v) is 10.9. The Morgan fingerprint density at radius 1 is 1.39 bits per heavy atom. The van der Waals surface area contributed by atoms with E-state index in [4.69, 9.17) is 5.73 Å². The molecule has 0 amide bonds. The summed E-state index contributed by atoms with van der Waals surface area (Å²) in [6.45, 7) is 6.46. The van der Waals surface area contributed by atoms with Gasteiger partial charge in [0.15, 0.2) is 0 Å². The minimum absolute atomic E-state index is 0.0359. The molecule has 96 valence electrons. The van der Waals surface area contributed by atoms with Gasteiger partial charge in [0.2, 0.25) is 0 Å². The van der Waals surface area contributed by atoms with E-state index in [-0.39, 0.29) is 11.9 Å². The van der Waals surface area contributed by atoms with Gasteiger partial charge in [-0.05, 0) is 38.5 Å². The quantitative estimate of drug-likeness (QED) is 0.906. The van der Waals surface area contributed by atoms with Crippen LogP contribution >= 0.6 is 0 Å². The molecule has 0 saturated carbocycles. The van der Waals surface area contributed by atoms with Crippen molar-refractivity contribution in [3.05, 3.63) is 52.6 Å². The van der Waals surface area contributed by atoms with Crippen molar-refractivity contribution in [2.75, 3.05) is 0 Å². The molecular formula is C14H18FN3. The summed E-state index contributed by atoms with van der Waals surface area (Å²) in [6.07, 6.45) is 0. The molecule has 3 nitrogen and oxygen atoms in total. The highest BCUT2D eigenvalue weighted by Crippen LogP contribution is 2.20. The van der Waals surface area contributed by atoms with Crippen LogP contribution < -0.4 is 5.73 Å². The van der Waals surface area contributed by atoms with E-state index in [0.717, 1.165) is 22.5 Å². The molecule has 1 atom stereocenters. The Morgan fingerprint density at radius 2 is 2.11 bits per heavy atom. The van der Waals surface area contributed by atoms with Gasteiger partial charge in [0.25, 0.3) is 0 Å². The van der Waals surface area contributed by atoms with Crippen LogP contribution in [0.25, 0.3) is 0 Å². The second-order valence-electron chi connectivity index (χ2n) is 4.66. The maximum atomic E-state index is 13.1. The molecule has 0 aliphatic heterocycles. The van der Waals surface area contributed by atoms with Crippen LogP contribution in [0.15, 0.2) is 24.3 Å². The molecular weight excluding hydrogens is 229 g/mol. The fraction of sp³-hybridized carbons (Fsp3) is 0.357. The number of aryl methyl sites for hydroxylation is 1. The molecule has 1 unspecified atom stereocenters. The minimum atomic E-state index is -0.221. The van der Waals surface area contributed by atoms with Crippen LogP contribution in [0.2, 0.25) is 0 Å². The number of aromatic nitrogens is 2. The monoisotopic (exact) mass is 247 g/mol. The smallest absolute Gasteiger partial charge is 0.123 e. The third-order valence-corrected chi connectivity index (χ3v) is 3.11. The van der Waals surface area contributed by atoms with Gasteiger partial charge in [0.05, 0.1) is 12.2 Å². The van der Waals surface area contributed by atoms with Gasteiger partial charge in [-0.1, -0.05) is 12.1 Å². The maximum absolute atomic E-state index is 13.1. The Bertz CT molecular complexity index is 558. The summed E-state index contributed by atoms with van der Waals surface area (Å²) in [5.41, 5.74) is 9.90. The molecule has 0 bridgehead atoms. The predicted molar refractivity (Wildman–Crippen MR) is 69.8 cm³/mol. The fourth-order valence-corrected chi connectivity index (χ4v) is 2.33. The minimum Gasteiger partial charge on any atom is -0.324 e. The number of hydrogen-bond acceptors (Lipinski definition) is 2. The number of nitrogens with two attached hydrogens (primary N) is 1. The Morgan fingerprint density at radius 3 is 2.67 bits per heavy atom. The Kier molecular flexibility index (Phi) is 3.48.